The Hall–Kier alpha value is -1.89. The summed E-state index contributed by atoms with van der Waals surface area (Å²) in [4.78, 5) is 6.49. The van der Waals surface area contributed by atoms with Gasteiger partial charge in [0.15, 0.2) is 5.96 Å². The van der Waals surface area contributed by atoms with E-state index >= 15 is 0 Å². The van der Waals surface area contributed by atoms with Crippen LogP contribution in [0.5, 0.6) is 0 Å². The largest absolute Gasteiger partial charge is 0.379 e. The highest BCUT2D eigenvalue weighted by Crippen LogP contribution is 2.28. The third-order valence-corrected chi connectivity index (χ3v) is 4.68. The molecule has 5 nitrogen and oxygen atoms in total. The second-order valence-electron chi connectivity index (χ2n) is 6.95. The van der Waals surface area contributed by atoms with Crippen LogP contribution in [0.2, 0.25) is 0 Å². The maximum absolute atomic E-state index is 14.0. The zero-order valence-electron chi connectivity index (χ0n) is 15.3. The van der Waals surface area contributed by atoms with Crippen LogP contribution in [0.4, 0.5) is 14.5 Å². The number of rotatable bonds is 8. The smallest absolute Gasteiger partial charge is 0.191 e. The van der Waals surface area contributed by atoms with Crippen molar-refractivity contribution in [1.29, 1.82) is 0 Å². The molecule has 0 radical (unpaired) electrons. The van der Waals surface area contributed by atoms with Gasteiger partial charge < -0.3 is 20.3 Å². The summed E-state index contributed by atoms with van der Waals surface area (Å²) >= 11 is 0. The Labute approximate surface area is 153 Å². The monoisotopic (exact) mass is 366 g/mol. The molecule has 0 amide bonds. The molecule has 1 aliphatic carbocycles. The lowest BCUT2D eigenvalue weighted by atomic mass is 10.2. The van der Waals surface area contributed by atoms with Crippen LogP contribution in [0.25, 0.3) is 0 Å². The average molecular weight is 366 g/mol. The van der Waals surface area contributed by atoms with Gasteiger partial charge >= 0.3 is 0 Å². The lowest BCUT2D eigenvalue weighted by Crippen LogP contribution is -2.44. The molecular weight excluding hydrogens is 338 g/mol. The third kappa shape index (κ3) is 5.56. The van der Waals surface area contributed by atoms with Crippen molar-refractivity contribution in [3.05, 3.63) is 29.8 Å². The van der Waals surface area contributed by atoms with E-state index in [1.165, 1.54) is 25.0 Å². The van der Waals surface area contributed by atoms with Gasteiger partial charge in [-0.25, -0.2) is 8.78 Å². The van der Waals surface area contributed by atoms with Crippen LogP contribution in [-0.2, 0) is 4.74 Å². The first-order valence-corrected chi connectivity index (χ1v) is 9.48. The minimum atomic E-state index is -0.550. The van der Waals surface area contributed by atoms with E-state index in [9.17, 15) is 8.78 Å². The summed E-state index contributed by atoms with van der Waals surface area (Å²) in [5.74, 6) is 0.459. The molecule has 1 unspecified atom stereocenters. The van der Waals surface area contributed by atoms with E-state index in [1.807, 2.05) is 11.8 Å². The van der Waals surface area contributed by atoms with Gasteiger partial charge in [-0.3, -0.25) is 4.99 Å². The van der Waals surface area contributed by atoms with Crippen LogP contribution in [0.15, 0.2) is 23.2 Å². The minimum Gasteiger partial charge on any atom is -0.379 e. The van der Waals surface area contributed by atoms with Crippen molar-refractivity contribution in [2.75, 3.05) is 44.3 Å². The van der Waals surface area contributed by atoms with Crippen molar-refractivity contribution in [3.63, 3.8) is 0 Å². The summed E-state index contributed by atoms with van der Waals surface area (Å²) in [6.45, 7) is 6.28. The van der Waals surface area contributed by atoms with E-state index in [1.54, 1.807) is 0 Å². The van der Waals surface area contributed by atoms with Crippen molar-refractivity contribution < 1.29 is 13.5 Å². The highest BCUT2D eigenvalue weighted by Gasteiger charge is 2.25. The fourth-order valence-electron chi connectivity index (χ4n) is 3.10. The Morgan fingerprint density at radius 1 is 1.31 bits per heavy atom. The van der Waals surface area contributed by atoms with Crippen LogP contribution >= 0.6 is 0 Å². The summed E-state index contributed by atoms with van der Waals surface area (Å²) in [6.07, 6.45) is 3.46. The SMILES string of the molecule is CCNC(=NCCOCC1CC1)NC1CCN(c2ccc(F)cc2F)C1. The van der Waals surface area contributed by atoms with Crippen LogP contribution in [0, 0.1) is 17.6 Å². The number of aliphatic imine (C=N–C) groups is 1. The Balaban J connectivity index is 1.47. The highest BCUT2D eigenvalue weighted by molar-refractivity contribution is 5.80. The highest BCUT2D eigenvalue weighted by atomic mass is 19.1. The molecule has 1 aromatic carbocycles. The van der Waals surface area contributed by atoms with E-state index in [4.69, 9.17) is 4.74 Å². The van der Waals surface area contributed by atoms with E-state index in [0.29, 0.717) is 25.4 Å². The zero-order chi connectivity index (χ0) is 18.4. The van der Waals surface area contributed by atoms with Gasteiger partial charge in [0.2, 0.25) is 0 Å². The number of guanidine groups is 1. The van der Waals surface area contributed by atoms with Crippen molar-refractivity contribution in [2.45, 2.75) is 32.2 Å². The first-order chi connectivity index (χ1) is 12.7. The van der Waals surface area contributed by atoms with Gasteiger partial charge in [0.05, 0.1) is 18.8 Å². The second-order valence-corrected chi connectivity index (χ2v) is 6.95. The first-order valence-electron chi connectivity index (χ1n) is 9.48. The molecule has 1 aliphatic heterocycles. The van der Waals surface area contributed by atoms with E-state index in [-0.39, 0.29) is 6.04 Å². The number of hydrogen-bond donors (Lipinski definition) is 2. The van der Waals surface area contributed by atoms with Crippen LogP contribution < -0.4 is 15.5 Å². The quantitative estimate of drug-likeness (QED) is 0.422. The van der Waals surface area contributed by atoms with Crippen molar-refractivity contribution in [1.82, 2.24) is 10.6 Å². The van der Waals surface area contributed by atoms with Gasteiger partial charge in [-0.05, 0) is 44.2 Å². The van der Waals surface area contributed by atoms with Crippen LogP contribution in [-0.4, -0.2) is 51.4 Å². The number of halogens is 2. The van der Waals surface area contributed by atoms with Gasteiger partial charge in [0, 0.05) is 38.3 Å². The molecule has 0 bridgehead atoms. The predicted molar refractivity (Wildman–Crippen MR) is 99.6 cm³/mol. The zero-order valence-corrected chi connectivity index (χ0v) is 15.3. The number of hydrogen-bond acceptors (Lipinski definition) is 3. The lowest BCUT2D eigenvalue weighted by Gasteiger charge is -2.21. The number of anilines is 1. The summed E-state index contributed by atoms with van der Waals surface area (Å²) in [6, 6.07) is 3.91. The topological polar surface area (TPSA) is 48.9 Å². The fourth-order valence-corrected chi connectivity index (χ4v) is 3.10. The first kappa shape index (κ1) is 18.9. The minimum absolute atomic E-state index is 0.171. The molecule has 26 heavy (non-hydrogen) atoms. The number of ether oxygens (including phenoxy) is 1. The Bertz CT molecular complexity index is 622. The summed E-state index contributed by atoms with van der Waals surface area (Å²) in [5.41, 5.74) is 0.450. The summed E-state index contributed by atoms with van der Waals surface area (Å²) in [7, 11) is 0. The van der Waals surface area contributed by atoms with Crippen molar-refractivity contribution in [2.24, 2.45) is 10.9 Å². The van der Waals surface area contributed by atoms with E-state index < -0.39 is 11.6 Å². The fraction of sp³-hybridized carbons (Fsp3) is 0.632. The van der Waals surface area contributed by atoms with Crippen LogP contribution in [0.3, 0.4) is 0 Å². The predicted octanol–water partition coefficient (Wildman–Crippen LogP) is 2.53. The molecule has 144 valence electrons. The summed E-state index contributed by atoms with van der Waals surface area (Å²) < 4.78 is 32.7. The molecule has 1 saturated carbocycles. The van der Waals surface area contributed by atoms with Crippen molar-refractivity contribution in [3.8, 4) is 0 Å². The van der Waals surface area contributed by atoms with E-state index in [0.717, 1.165) is 44.1 Å². The number of nitrogens with one attached hydrogen (secondary N) is 2. The molecule has 2 N–H and O–H groups in total. The molecule has 2 fully saturated rings. The molecule has 1 saturated heterocycles. The van der Waals surface area contributed by atoms with Crippen molar-refractivity contribution >= 4 is 11.6 Å². The number of nitrogens with zero attached hydrogens (tertiary/aromatic N) is 2. The second kappa shape index (κ2) is 9.16. The Morgan fingerprint density at radius 2 is 2.15 bits per heavy atom. The molecular formula is C19H28F2N4O. The third-order valence-electron chi connectivity index (χ3n) is 4.68. The molecule has 1 aromatic rings. The van der Waals surface area contributed by atoms with Crippen LogP contribution in [0.1, 0.15) is 26.2 Å². The average Bonchev–Trinajstić information content (AvgIpc) is 3.32. The molecule has 0 aromatic heterocycles. The van der Waals surface area contributed by atoms with E-state index in [2.05, 4.69) is 15.6 Å². The van der Waals surface area contributed by atoms with Gasteiger partial charge in [-0.1, -0.05) is 0 Å². The standard InChI is InChI=1S/C19H28F2N4O/c1-2-22-19(23-8-10-26-13-14-3-4-14)24-16-7-9-25(12-16)18-6-5-15(20)11-17(18)21/h5-6,11,14,16H,2-4,7-10,12-13H2,1H3,(H2,22,23,24). The summed E-state index contributed by atoms with van der Waals surface area (Å²) in [5, 5.41) is 6.64. The molecule has 1 heterocycles. The van der Waals surface area contributed by atoms with Gasteiger partial charge in [0.1, 0.15) is 11.6 Å². The van der Waals surface area contributed by atoms with Gasteiger partial charge in [0.25, 0.3) is 0 Å². The maximum Gasteiger partial charge on any atom is 0.191 e. The number of benzene rings is 1. The maximum atomic E-state index is 14.0. The Morgan fingerprint density at radius 3 is 2.88 bits per heavy atom. The molecule has 3 rings (SSSR count). The molecule has 0 spiro atoms. The van der Waals surface area contributed by atoms with Gasteiger partial charge in [-0.2, -0.15) is 0 Å². The Kier molecular flexibility index (Phi) is 6.66. The molecule has 7 heteroatoms. The normalized spacial score (nSPS) is 20.5. The lowest BCUT2D eigenvalue weighted by molar-refractivity contribution is 0.131. The molecule has 1 atom stereocenters. The molecule has 2 aliphatic rings. The van der Waals surface area contributed by atoms with Gasteiger partial charge in [-0.15, -0.1) is 0 Å².